The molecule has 5 nitrogen and oxygen atoms in total. The minimum Gasteiger partial charge on any atom is -0.497 e. The lowest BCUT2D eigenvalue weighted by Gasteiger charge is -2.22. The zero-order valence-corrected chi connectivity index (χ0v) is 17.8. The number of aromatic nitrogens is 1. The normalized spacial score (nSPS) is 11.1. The largest absolute Gasteiger partial charge is 0.497 e. The number of methoxy groups -OCH3 is 2. The molecule has 0 bridgehead atoms. The number of H-pyrrole nitrogens is 1. The summed E-state index contributed by atoms with van der Waals surface area (Å²) in [6.45, 7) is 0.00950. The van der Waals surface area contributed by atoms with E-state index in [0.29, 0.717) is 23.1 Å². The third-order valence-corrected chi connectivity index (χ3v) is 4.97. The molecular formula is C24H20F4N2O3. The topological polar surface area (TPSA) is 54.6 Å². The van der Waals surface area contributed by atoms with Crippen LogP contribution in [0, 0.1) is 18.2 Å². The molecule has 33 heavy (non-hydrogen) atoms. The van der Waals surface area contributed by atoms with Crippen molar-refractivity contribution in [2.45, 2.75) is 12.7 Å². The molecule has 0 atom stereocenters. The Morgan fingerprint density at radius 3 is 2.52 bits per heavy atom. The second-order valence-corrected chi connectivity index (χ2v) is 7.00. The summed E-state index contributed by atoms with van der Waals surface area (Å²) in [5.74, 6) is 1.52. The Balaban J connectivity index is 1.97. The molecule has 2 aromatic carbocycles. The van der Waals surface area contributed by atoms with Gasteiger partial charge in [-0.1, -0.05) is 12.0 Å². The molecule has 1 amide bonds. The molecule has 1 N–H and O–H groups in total. The van der Waals surface area contributed by atoms with E-state index in [1.54, 1.807) is 18.2 Å². The van der Waals surface area contributed by atoms with Crippen molar-refractivity contribution in [3.05, 3.63) is 71.3 Å². The van der Waals surface area contributed by atoms with Crippen LogP contribution in [0.5, 0.6) is 11.5 Å². The van der Waals surface area contributed by atoms with Crippen molar-refractivity contribution in [3.8, 4) is 35.0 Å². The molecule has 0 radical (unpaired) electrons. The van der Waals surface area contributed by atoms with Crippen LogP contribution in [-0.2, 0) is 12.7 Å². The molecule has 0 fully saturated rings. The zero-order valence-electron chi connectivity index (χ0n) is 17.8. The molecule has 3 aromatic rings. The van der Waals surface area contributed by atoms with Gasteiger partial charge in [0.15, 0.2) is 0 Å². The fraction of sp³-hybridized carbons (Fsp3) is 0.208. The smallest absolute Gasteiger partial charge is 0.419 e. The lowest BCUT2D eigenvalue weighted by atomic mass is 10.0. The number of carbonyl (C=O) groups is 1. The summed E-state index contributed by atoms with van der Waals surface area (Å²) in [5.41, 5.74) is -0.512. The third-order valence-electron chi connectivity index (χ3n) is 4.97. The molecule has 1 aromatic heterocycles. The number of carbonyl (C=O) groups excluding carboxylic acids is 1. The number of nitrogens with one attached hydrogen (secondary N) is 1. The van der Waals surface area contributed by atoms with Crippen LogP contribution in [0.25, 0.3) is 11.1 Å². The van der Waals surface area contributed by atoms with Crippen molar-refractivity contribution in [1.82, 2.24) is 9.88 Å². The molecule has 0 saturated carbocycles. The number of terminal acetylenes is 1. The summed E-state index contributed by atoms with van der Waals surface area (Å²) in [4.78, 5) is 17.4. The first-order valence-electron chi connectivity index (χ1n) is 9.67. The number of alkyl halides is 3. The Morgan fingerprint density at radius 2 is 1.88 bits per heavy atom. The summed E-state index contributed by atoms with van der Waals surface area (Å²) < 4.78 is 63.7. The highest BCUT2D eigenvalue weighted by Gasteiger charge is 2.34. The van der Waals surface area contributed by atoms with E-state index in [2.05, 4.69) is 10.9 Å². The minimum absolute atomic E-state index is 0.0254. The fourth-order valence-electron chi connectivity index (χ4n) is 3.35. The lowest BCUT2D eigenvalue weighted by Crippen LogP contribution is -2.31. The van der Waals surface area contributed by atoms with E-state index in [1.807, 2.05) is 0 Å². The monoisotopic (exact) mass is 460 g/mol. The Kier molecular flexibility index (Phi) is 6.97. The molecule has 0 saturated heterocycles. The van der Waals surface area contributed by atoms with Gasteiger partial charge in [-0.25, -0.2) is 4.39 Å². The number of benzene rings is 2. The predicted octanol–water partition coefficient (Wildman–Crippen LogP) is 5.13. The van der Waals surface area contributed by atoms with Gasteiger partial charge in [-0.05, 0) is 35.9 Å². The van der Waals surface area contributed by atoms with E-state index in [-0.39, 0.29) is 29.9 Å². The second-order valence-electron chi connectivity index (χ2n) is 7.00. The Morgan fingerprint density at radius 1 is 1.12 bits per heavy atom. The van der Waals surface area contributed by atoms with Gasteiger partial charge in [0.1, 0.15) is 23.0 Å². The molecule has 3 rings (SSSR count). The number of nitrogens with zero attached hydrogens (tertiary/aromatic N) is 1. The summed E-state index contributed by atoms with van der Waals surface area (Å²) in [5, 5.41) is 0. The van der Waals surface area contributed by atoms with E-state index in [4.69, 9.17) is 15.9 Å². The van der Waals surface area contributed by atoms with Crippen molar-refractivity contribution < 1.29 is 31.8 Å². The number of hydrogen-bond donors (Lipinski definition) is 1. The summed E-state index contributed by atoms with van der Waals surface area (Å²) in [6.07, 6.45) is 2.00. The van der Waals surface area contributed by atoms with Crippen LogP contribution in [0.2, 0.25) is 0 Å². The van der Waals surface area contributed by atoms with Crippen molar-refractivity contribution in [2.75, 3.05) is 20.8 Å². The van der Waals surface area contributed by atoms with Crippen LogP contribution in [0.4, 0.5) is 17.6 Å². The van der Waals surface area contributed by atoms with Crippen LogP contribution >= 0.6 is 0 Å². The fourth-order valence-corrected chi connectivity index (χ4v) is 3.35. The molecule has 0 unspecified atom stereocenters. The third kappa shape index (κ3) is 5.12. The highest BCUT2D eigenvalue weighted by Crippen LogP contribution is 2.35. The first-order valence-corrected chi connectivity index (χ1v) is 9.67. The van der Waals surface area contributed by atoms with Gasteiger partial charge in [0.2, 0.25) is 0 Å². The van der Waals surface area contributed by atoms with Crippen molar-refractivity contribution in [3.63, 3.8) is 0 Å². The number of halogens is 4. The van der Waals surface area contributed by atoms with Crippen molar-refractivity contribution >= 4 is 5.91 Å². The Hall–Kier alpha value is -3.93. The molecule has 1 heterocycles. The molecule has 0 aliphatic heterocycles. The summed E-state index contributed by atoms with van der Waals surface area (Å²) >= 11 is 0. The first kappa shape index (κ1) is 23.7. The van der Waals surface area contributed by atoms with Gasteiger partial charge >= 0.3 is 6.18 Å². The van der Waals surface area contributed by atoms with Gasteiger partial charge in [-0.2, -0.15) is 13.2 Å². The lowest BCUT2D eigenvalue weighted by molar-refractivity contribution is -0.139. The van der Waals surface area contributed by atoms with Crippen LogP contribution in [0.1, 0.15) is 21.6 Å². The van der Waals surface area contributed by atoms with E-state index in [1.165, 1.54) is 37.4 Å². The zero-order chi connectivity index (χ0) is 24.2. The van der Waals surface area contributed by atoms with Crippen LogP contribution in [-0.4, -0.2) is 36.6 Å². The number of hydrogen-bond acceptors (Lipinski definition) is 3. The molecule has 0 spiro atoms. The molecule has 0 aliphatic carbocycles. The van der Waals surface area contributed by atoms with E-state index < -0.39 is 23.5 Å². The average Bonchev–Trinajstić information content (AvgIpc) is 3.28. The maximum absolute atomic E-state index is 13.7. The van der Waals surface area contributed by atoms with Crippen LogP contribution < -0.4 is 9.47 Å². The Bertz CT molecular complexity index is 1200. The molecule has 9 heteroatoms. The molecule has 172 valence electrons. The number of ether oxygens (including phenoxy) is 2. The summed E-state index contributed by atoms with van der Waals surface area (Å²) in [7, 11) is 2.98. The van der Waals surface area contributed by atoms with Gasteiger partial charge in [-0.3, -0.25) is 4.79 Å². The van der Waals surface area contributed by atoms with Crippen LogP contribution in [0.3, 0.4) is 0 Å². The van der Waals surface area contributed by atoms with Gasteiger partial charge in [0.05, 0.1) is 32.9 Å². The first-order chi connectivity index (χ1) is 15.7. The minimum atomic E-state index is -4.87. The van der Waals surface area contributed by atoms with E-state index in [0.717, 1.165) is 6.07 Å². The van der Waals surface area contributed by atoms with E-state index in [9.17, 15) is 22.4 Å². The SMILES string of the molecule is C#CCN(Cc1ccc(OC)cc1OC)C(=O)c1[nH]ccc1-c1ccc(F)c(C(F)(F)F)c1. The maximum atomic E-state index is 13.7. The second kappa shape index (κ2) is 9.69. The molecule has 0 aliphatic rings. The van der Waals surface area contributed by atoms with Crippen molar-refractivity contribution in [1.29, 1.82) is 0 Å². The van der Waals surface area contributed by atoms with E-state index >= 15 is 0 Å². The van der Waals surface area contributed by atoms with Gasteiger partial charge in [-0.15, -0.1) is 6.42 Å². The van der Waals surface area contributed by atoms with Gasteiger partial charge in [0, 0.05) is 23.4 Å². The average molecular weight is 460 g/mol. The Labute approximate surface area is 187 Å². The quantitative estimate of drug-likeness (QED) is 0.393. The predicted molar refractivity (Wildman–Crippen MR) is 114 cm³/mol. The highest BCUT2D eigenvalue weighted by atomic mass is 19.4. The summed E-state index contributed by atoms with van der Waals surface area (Å²) in [6, 6.07) is 9.11. The standard InChI is InChI=1S/C24H20F4N2O3/c1-4-11-30(14-16-5-7-17(32-2)13-21(16)33-3)23(31)22-18(9-10-29-22)15-6-8-20(25)19(12-15)24(26,27)28/h1,5-10,12-13,29H,11,14H2,2-3H3. The number of amides is 1. The van der Waals surface area contributed by atoms with Crippen molar-refractivity contribution in [2.24, 2.45) is 0 Å². The number of rotatable bonds is 7. The highest BCUT2D eigenvalue weighted by molar-refractivity contribution is 5.99. The molecular weight excluding hydrogens is 440 g/mol. The van der Waals surface area contributed by atoms with Gasteiger partial charge in [0.25, 0.3) is 5.91 Å². The van der Waals surface area contributed by atoms with Crippen LogP contribution in [0.15, 0.2) is 48.7 Å². The van der Waals surface area contributed by atoms with Gasteiger partial charge < -0.3 is 19.4 Å². The maximum Gasteiger partial charge on any atom is 0.419 e. The number of aromatic amines is 1.